The number of aromatic nitrogens is 2. The Morgan fingerprint density at radius 1 is 1.28 bits per heavy atom. The fourth-order valence-corrected chi connectivity index (χ4v) is 4.81. The van der Waals surface area contributed by atoms with Crippen molar-refractivity contribution >= 4 is 5.84 Å². The molecule has 8 nitrogen and oxygen atoms in total. The second-order valence-electron chi connectivity index (χ2n) is 8.99. The second kappa shape index (κ2) is 10.2. The van der Waals surface area contributed by atoms with Gasteiger partial charge in [-0.05, 0) is 44.0 Å². The Morgan fingerprint density at radius 3 is 2.58 bits per heavy atom. The van der Waals surface area contributed by atoms with Crippen molar-refractivity contribution in [3.63, 3.8) is 0 Å². The number of nitrogens with one attached hydrogen (secondary N) is 3. The van der Waals surface area contributed by atoms with Gasteiger partial charge in [0, 0.05) is 50.4 Å². The van der Waals surface area contributed by atoms with Crippen molar-refractivity contribution in [3.05, 3.63) is 53.0 Å². The first-order valence-electron chi connectivity index (χ1n) is 11.7. The quantitative estimate of drug-likeness (QED) is 0.215. The van der Waals surface area contributed by atoms with Gasteiger partial charge in [-0.15, -0.1) is 0 Å². The molecule has 36 heavy (non-hydrogen) atoms. The molecule has 2 aliphatic rings. The number of nitrogens with zero attached hydrogens (tertiary/aromatic N) is 4. The highest BCUT2D eigenvalue weighted by atomic mass is 19.4. The topological polar surface area (TPSA) is 119 Å². The Labute approximate surface area is 206 Å². The SMILES string of the molecule is CN/C(N)=C(/C#N)C(=N)N1CCC(c2nc(-c3ccc(F)c(C(F)(F)F)c3)cn2C2CCNC2)CC1. The van der Waals surface area contributed by atoms with Crippen LogP contribution < -0.4 is 16.4 Å². The predicted molar refractivity (Wildman–Crippen MR) is 126 cm³/mol. The standard InChI is InChI=1S/C24H28F4N8/c1-32-21(30)17(11-29)22(31)35-8-5-14(6-9-35)23-34-20(13-36(23)16-4-7-33-12-16)15-2-3-19(25)18(10-15)24(26,27)28/h2-3,10,13-14,16,31-33H,4-9,12,30H2,1H3/b21-17-,31-22?. The summed E-state index contributed by atoms with van der Waals surface area (Å²) >= 11 is 0. The number of alkyl halides is 3. The van der Waals surface area contributed by atoms with Gasteiger partial charge in [0.1, 0.15) is 34.9 Å². The van der Waals surface area contributed by atoms with Crippen molar-refractivity contribution in [2.24, 2.45) is 5.73 Å². The van der Waals surface area contributed by atoms with E-state index in [0.29, 0.717) is 31.6 Å². The molecule has 0 amide bonds. The van der Waals surface area contributed by atoms with Crippen LogP contribution in [0.15, 0.2) is 35.8 Å². The Balaban J connectivity index is 1.61. The lowest BCUT2D eigenvalue weighted by atomic mass is 9.95. The first-order valence-corrected chi connectivity index (χ1v) is 11.7. The molecule has 2 saturated heterocycles. The van der Waals surface area contributed by atoms with Gasteiger partial charge in [-0.2, -0.15) is 18.4 Å². The fourth-order valence-electron chi connectivity index (χ4n) is 4.81. The van der Waals surface area contributed by atoms with E-state index in [0.717, 1.165) is 37.5 Å². The molecule has 0 bridgehead atoms. The molecule has 12 heteroatoms. The summed E-state index contributed by atoms with van der Waals surface area (Å²) < 4.78 is 55.8. The summed E-state index contributed by atoms with van der Waals surface area (Å²) in [7, 11) is 1.58. The number of hydrogen-bond donors (Lipinski definition) is 4. The van der Waals surface area contributed by atoms with Crippen LogP contribution in [0.5, 0.6) is 0 Å². The number of amidine groups is 1. The lowest BCUT2D eigenvalue weighted by Gasteiger charge is -2.34. The van der Waals surface area contributed by atoms with E-state index < -0.39 is 17.6 Å². The molecular weight excluding hydrogens is 476 g/mol. The van der Waals surface area contributed by atoms with E-state index in [1.54, 1.807) is 18.1 Å². The molecule has 1 aromatic carbocycles. The molecule has 5 N–H and O–H groups in total. The highest BCUT2D eigenvalue weighted by Crippen LogP contribution is 2.37. The first-order chi connectivity index (χ1) is 17.1. The number of nitrogens with two attached hydrogens (primary N) is 1. The molecule has 0 saturated carbocycles. The van der Waals surface area contributed by atoms with Gasteiger partial charge >= 0.3 is 6.18 Å². The smallest absolute Gasteiger partial charge is 0.384 e. The number of likely N-dealkylation sites (tertiary alicyclic amines) is 1. The van der Waals surface area contributed by atoms with E-state index in [-0.39, 0.29) is 34.8 Å². The monoisotopic (exact) mass is 504 g/mol. The summed E-state index contributed by atoms with van der Waals surface area (Å²) in [6.07, 6.45) is -0.879. The zero-order valence-electron chi connectivity index (χ0n) is 19.8. The van der Waals surface area contributed by atoms with E-state index in [9.17, 15) is 22.8 Å². The summed E-state index contributed by atoms with van der Waals surface area (Å²) in [6.45, 7) is 2.57. The van der Waals surface area contributed by atoms with Gasteiger partial charge in [0.25, 0.3) is 0 Å². The van der Waals surface area contributed by atoms with Gasteiger partial charge < -0.3 is 25.8 Å². The van der Waals surface area contributed by atoms with Crippen molar-refractivity contribution in [2.75, 3.05) is 33.2 Å². The van der Waals surface area contributed by atoms with Crippen molar-refractivity contribution in [2.45, 2.75) is 37.4 Å². The van der Waals surface area contributed by atoms with Crippen LogP contribution in [0.2, 0.25) is 0 Å². The molecule has 0 radical (unpaired) electrons. The van der Waals surface area contributed by atoms with Crippen molar-refractivity contribution in [1.29, 1.82) is 10.7 Å². The Hall–Kier alpha value is -3.59. The number of rotatable bonds is 5. The zero-order chi connectivity index (χ0) is 26.0. The number of benzene rings is 1. The van der Waals surface area contributed by atoms with E-state index in [4.69, 9.17) is 16.1 Å². The molecule has 1 unspecified atom stereocenters. The lowest BCUT2D eigenvalue weighted by Crippen LogP contribution is -2.40. The summed E-state index contributed by atoms with van der Waals surface area (Å²) in [5, 5.41) is 23.8. The first kappa shape index (κ1) is 25.5. The van der Waals surface area contributed by atoms with Crippen LogP contribution in [0, 0.1) is 22.6 Å². The Bertz CT molecular complexity index is 1200. The summed E-state index contributed by atoms with van der Waals surface area (Å²) in [5.41, 5.74) is 5.16. The minimum atomic E-state index is -4.80. The third kappa shape index (κ3) is 5.02. The van der Waals surface area contributed by atoms with Crippen LogP contribution in [0.4, 0.5) is 17.6 Å². The molecule has 2 aromatic rings. The van der Waals surface area contributed by atoms with Gasteiger partial charge in [-0.3, -0.25) is 5.41 Å². The van der Waals surface area contributed by atoms with Crippen LogP contribution in [0.25, 0.3) is 11.3 Å². The Kier molecular flexibility index (Phi) is 7.21. The molecule has 0 spiro atoms. The minimum Gasteiger partial charge on any atom is -0.384 e. The number of halogens is 4. The van der Waals surface area contributed by atoms with E-state index >= 15 is 0 Å². The average molecular weight is 505 g/mol. The maximum atomic E-state index is 13.8. The van der Waals surface area contributed by atoms with Crippen LogP contribution in [-0.2, 0) is 6.18 Å². The summed E-state index contributed by atoms with van der Waals surface area (Å²) in [5.74, 6) is -0.338. The van der Waals surface area contributed by atoms with E-state index in [2.05, 4.69) is 10.6 Å². The third-order valence-electron chi connectivity index (χ3n) is 6.82. The molecule has 0 aliphatic carbocycles. The molecular formula is C24H28F4N8. The number of hydrogen-bond acceptors (Lipinski definition) is 6. The minimum absolute atomic E-state index is 0.0158. The molecule has 2 aliphatic heterocycles. The van der Waals surface area contributed by atoms with Crippen molar-refractivity contribution < 1.29 is 17.6 Å². The predicted octanol–water partition coefficient (Wildman–Crippen LogP) is 3.31. The fraction of sp³-hybridized carbons (Fsp3) is 0.458. The van der Waals surface area contributed by atoms with Crippen molar-refractivity contribution in [3.8, 4) is 17.3 Å². The lowest BCUT2D eigenvalue weighted by molar-refractivity contribution is -0.139. The largest absolute Gasteiger partial charge is 0.419 e. The highest BCUT2D eigenvalue weighted by Gasteiger charge is 2.35. The van der Waals surface area contributed by atoms with Gasteiger partial charge in [-0.1, -0.05) is 0 Å². The molecule has 1 atom stereocenters. The van der Waals surface area contributed by atoms with Gasteiger partial charge in [0.2, 0.25) is 0 Å². The van der Waals surface area contributed by atoms with Crippen LogP contribution in [0.3, 0.4) is 0 Å². The van der Waals surface area contributed by atoms with Crippen molar-refractivity contribution in [1.82, 2.24) is 25.1 Å². The number of piperidine rings is 1. The maximum absolute atomic E-state index is 13.8. The van der Waals surface area contributed by atoms with Gasteiger partial charge in [0.15, 0.2) is 0 Å². The second-order valence-corrected chi connectivity index (χ2v) is 8.99. The van der Waals surface area contributed by atoms with Gasteiger partial charge in [0.05, 0.1) is 11.3 Å². The summed E-state index contributed by atoms with van der Waals surface area (Å²) in [4.78, 5) is 6.54. The normalized spacial score (nSPS) is 19.7. The average Bonchev–Trinajstić information content (AvgIpc) is 3.54. The molecule has 2 fully saturated rings. The Morgan fingerprint density at radius 2 is 2.00 bits per heavy atom. The number of nitriles is 1. The highest BCUT2D eigenvalue weighted by molar-refractivity contribution is 6.00. The molecule has 3 heterocycles. The van der Waals surface area contributed by atoms with Crippen LogP contribution >= 0.6 is 0 Å². The zero-order valence-corrected chi connectivity index (χ0v) is 19.8. The van der Waals surface area contributed by atoms with E-state index in [1.807, 2.05) is 10.6 Å². The third-order valence-corrected chi connectivity index (χ3v) is 6.82. The van der Waals surface area contributed by atoms with Crippen LogP contribution in [0.1, 0.15) is 42.6 Å². The maximum Gasteiger partial charge on any atom is 0.419 e. The van der Waals surface area contributed by atoms with Gasteiger partial charge in [-0.25, -0.2) is 9.37 Å². The van der Waals surface area contributed by atoms with Crippen LogP contribution in [-0.4, -0.2) is 53.5 Å². The molecule has 4 rings (SSSR count). The molecule has 1 aromatic heterocycles. The molecule has 192 valence electrons. The number of imidazole rings is 1. The van der Waals surface area contributed by atoms with E-state index in [1.165, 1.54) is 6.07 Å². The summed E-state index contributed by atoms with van der Waals surface area (Å²) in [6, 6.07) is 5.05.